The Balaban J connectivity index is 1.94. The Kier molecular flexibility index (Phi) is 3.11. The minimum atomic E-state index is -0.0256. The van der Waals surface area contributed by atoms with Crippen LogP contribution in [0.25, 0.3) is 0 Å². The summed E-state index contributed by atoms with van der Waals surface area (Å²) in [6, 6.07) is 0. The summed E-state index contributed by atoms with van der Waals surface area (Å²) in [5.41, 5.74) is 1.11. The maximum absolute atomic E-state index is 5.60. The van der Waals surface area contributed by atoms with Gasteiger partial charge < -0.3 is 4.74 Å². The van der Waals surface area contributed by atoms with E-state index in [9.17, 15) is 0 Å². The van der Waals surface area contributed by atoms with Crippen molar-refractivity contribution in [1.82, 2.24) is 9.55 Å². The maximum atomic E-state index is 5.60. The van der Waals surface area contributed by atoms with Gasteiger partial charge in [-0.3, -0.25) is 9.56 Å². The van der Waals surface area contributed by atoms with Crippen molar-refractivity contribution < 1.29 is 4.74 Å². The van der Waals surface area contributed by atoms with Gasteiger partial charge in [-0.05, 0) is 32.0 Å². The first-order valence-corrected chi connectivity index (χ1v) is 5.40. The maximum Gasteiger partial charge on any atom is 0.269 e. The van der Waals surface area contributed by atoms with Crippen LogP contribution in [-0.2, 0) is 4.74 Å². The topological polar surface area (TPSA) is 39.4 Å². The van der Waals surface area contributed by atoms with E-state index >= 15 is 0 Å². The van der Waals surface area contributed by atoms with E-state index in [1.54, 1.807) is 23.3 Å². The first-order valence-electron chi connectivity index (χ1n) is 4.99. The molecule has 1 aromatic heterocycles. The van der Waals surface area contributed by atoms with E-state index < -0.39 is 0 Å². The fourth-order valence-corrected chi connectivity index (χ4v) is 1.79. The second kappa shape index (κ2) is 4.53. The van der Waals surface area contributed by atoms with Crippen molar-refractivity contribution in [1.29, 1.82) is 0 Å². The molecule has 2 rings (SSSR count). The lowest BCUT2D eigenvalue weighted by molar-refractivity contribution is 0.268. The van der Waals surface area contributed by atoms with Crippen LogP contribution in [0.5, 0.6) is 0 Å². The van der Waals surface area contributed by atoms with Crippen molar-refractivity contribution in [2.45, 2.75) is 25.9 Å². The van der Waals surface area contributed by atoms with E-state index in [0.29, 0.717) is 5.17 Å². The van der Waals surface area contributed by atoms with Crippen molar-refractivity contribution in [3.63, 3.8) is 0 Å². The standard InChI is InChI=1S/C10H13N3OS/c1-8(9-3-2-4-12-9)14-10(15)13-6-5-11-7-13/h5-8H,2-4H2,1H3. The number of thiocarbonyl (C=S) groups is 1. The molecule has 0 radical (unpaired) electrons. The Hall–Kier alpha value is -1.23. The van der Waals surface area contributed by atoms with Gasteiger partial charge in [-0.25, -0.2) is 4.98 Å². The van der Waals surface area contributed by atoms with Crippen LogP contribution in [0.4, 0.5) is 0 Å². The number of nitrogens with zero attached hydrogens (tertiary/aromatic N) is 3. The minimum Gasteiger partial charge on any atom is -0.461 e. The van der Waals surface area contributed by atoms with Crippen molar-refractivity contribution in [3.05, 3.63) is 18.7 Å². The van der Waals surface area contributed by atoms with Crippen molar-refractivity contribution >= 4 is 23.1 Å². The van der Waals surface area contributed by atoms with Gasteiger partial charge in [0, 0.05) is 18.9 Å². The van der Waals surface area contributed by atoms with E-state index in [4.69, 9.17) is 17.0 Å². The average molecular weight is 223 g/mol. The highest BCUT2D eigenvalue weighted by Crippen LogP contribution is 2.10. The highest BCUT2D eigenvalue weighted by molar-refractivity contribution is 7.80. The summed E-state index contributed by atoms with van der Waals surface area (Å²) in [6.45, 7) is 2.90. The molecule has 1 aromatic rings. The molecule has 0 aliphatic carbocycles. The summed E-state index contributed by atoms with van der Waals surface area (Å²) in [6.07, 6.45) is 7.20. The summed E-state index contributed by atoms with van der Waals surface area (Å²) >= 11 is 5.13. The number of hydrogen-bond acceptors (Lipinski definition) is 4. The van der Waals surface area contributed by atoms with Gasteiger partial charge in [-0.2, -0.15) is 0 Å². The van der Waals surface area contributed by atoms with Crippen molar-refractivity contribution in [2.24, 2.45) is 4.99 Å². The molecule has 2 heterocycles. The Morgan fingerprint density at radius 2 is 2.53 bits per heavy atom. The summed E-state index contributed by atoms with van der Waals surface area (Å²) in [5, 5.41) is 0.426. The zero-order chi connectivity index (χ0) is 10.7. The van der Waals surface area contributed by atoms with Crippen LogP contribution in [-0.4, -0.2) is 33.1 Å². The normalized spacial score (nSPS) is 17.3. The quantitative estimate of drug-likeness (QED) is 0.716. The highest BCUT2D eigenvalue weighted by atomic mass is 32.1. The first-order chi connectivity index (χ1) is 7.27. The summed E-state index contributed by atoms with van der Waals surface area (Å²) in [7, 11) is 0. The molecule has 0 fully saturated rings. The van der Waals surface area contributed by atoms with E-state index in [2.05, 4.69) is 9.98 Å². The lowest BCUT2D eigenvalue weighted by atomic mass is 10.2. The highest BCUT2D eigenvalue weighted by Gasteiger charge is 2.17. The molecule has 1 atom stereocenters. The minimum absolute atomic E-state index is 0.0256. The largest absolute Gasteiger partial charge is 0.461 e. The van der Waals surface area contributed by atoms with Crippen LogP contribution in [0.3, 0.4) is 0 Å². The van der Waals surface area contributed by atoms with Crippen molar-refractivity contribution in [3.8, 4) is 0 Å². The number of imidazole rings is 1. The Labute approximate surface area is 94.0 Å². The zero-order valence-electron chi connectivity index (χ0n) is 8.59. The lowest BCUT2D eigenvalue weighted by Crippen LogP contribution is -2.25. The molecular weight excluding hydrogens is 210 g/mol. The molecule has 0 saturated heterocycles. The third kappa shape index (κ3) is 2.41. The van der Waals surface area contributed by atoms with E-state index in [1.807, 2.05) is 6.92 Å². The Morgan fingerprint density at radius 3 is 3.13 bits per heavy atom. The van der Waals surface area contributed by atoms with Crippen LogP contribution in [0.1, 0.15) is 19.8 Å². The van der Waals surface area contributed by atoms with Crippen LogP contribution in [0.15, 0.2) is 23.7 Å². The van der Waals surface area contributed by atoms with E-state index in [-0.39, 0.29) is 6.10 Å². The van der Waals surface area contributed by atoms with Gasteiger partial charge in [0.1, 0.15) is 12.4 Å². The molecule has 0 aromatic carbocycles. The van der Waals surface area contributed by atoms with Crippen LogP contribution in [0, 0.1) is 0 Å². The summed E-state index contributed by atoms with van der Waals surface area (Å²) in [4.78, 5) is 8.29. The summed E-state index contributed by atoms with van der Waals surface area (Å²) in [5.74, 6) is 0. The molecule has 0 N–H and O–H groups in total. The second-order valence-corrected chi connectivity index (χ2v) is 3.82. The van der Waals surface area contributed by atoms with Gasteiger partial charge in [-0.15, -0.1) is 0 Å². The molecule has 0 bridgehead atoms. The second-order valence-electron chi connectivity index (χ2n) is 3.47. The number of ether oxygens (including phenoxy) is 1. The van der Waals surface area contributed by atoms with Crippen LogP contribution >= 0.6 is 12.2 Å². The smallest absolute Gasteiger partial charge is 0.269 e. The van der Waals surface area contributed by atoms with E-state index in [0.717, 1.165) is 25.1 Å². The van der Waals surface area contributed by atoms with Gasteiger partial charge >= 0.3 is 0 Å². The van der Waals surface area contributed by atoms with Crippen LogP contribution < -0.4 is 0 Å². The lowest BCUT2D eigenvalue weighted by Gasteiger charge is -2.15. The molecule has 1 aliphatic rings. The van der Waals surface area contributed by atoms with Crippen molar-refractivity contribution in [2.75, 3.05) is 6.54 Å². The number of hydrogen-bond donors (Lipinski definition) is 0. The molecule has 0 spiro atoms. The number of aromatic nitrogens is 2. The summed E-state index contributed by atoms with van der Waals surface area (Å²) < 4.78 is 7.28. The fraction of sp³-hybridized carbons (Fsp3) is 0.500. The molecule has 4 nitrogen and oxygen atoms in total. The molecule has 5 heteroatoms. The predicted octanol–water partition coefficient (Wildman–Crippen LogP) is 1.66. The molecular formula is C10H13N3OS. The fourth-order valence-electron chi connectivity index (χ4n) is 1.54. The molecule has 0 saturated carbocycles. The molecule has 1 aliphatic heterocycles. The third-order valence-electron chi connectivity index (χ3n) is 2.37. The van der Waals surface area contributed by atoms with Gasteiger partial charge in [0.2, 0.25) is 0 Å². The molecule has 1 unspecified atom stereocenters. The molecule has 15 heavy (non-hydrogen) atoms. The predicted molar refractivity (Wildman–Crippen MR) is 62.3 cm³/mol. The first kappa shape index (κ1) is 10.3. The molecule has 80 valence electrons. The van der Waals surface area contributed by atoms with Gasteiger partial charge in [0.05, 0.1) is 5.71 Å². The SMILES string of the molecule is CC(OC(=S)n1ccnc1)C1=NCCC1. The average Bonchev–Trinajstić information content (AvgIpc) is 2.91. The third-order valence-corrected chi connectivity index (χ3v) is 2.68. The number of aliphatic imine (C=N–C) groups is 1. The van der Waals surface area contributed by atoms with Crippen LogP contribution in [0.2, 0.25) is 0 Å². The van der Waals surface area contributed by atoms with Gasteiger partial charge in [0.25, 0.3) is 5.17 Å². The van der Waals surface area contributed by atoms with Gasteiger partial charge in [0.15, 0.2) is 0 Å². The van der Waals surface area contributed by atoms with E-state index in [1.165, 1.54) is 0 Å². The monoisotopic (exact) mass is 223 g/mol. The Morgan fingerprint density at radius 1 is 1.67 bits per heavy atom. The van der Waals surface area contributed by atoms with Gasteiger partial charge in [-0.1, -0.05) is 0 Å². The Bertz CT molecular complexity index is 372. The zero-order valence-corrected chi connectivity index (χ0v) is 9.41. The molecule has 0 amide bonds. The number of rotatable bonds is 2.